The summed E-state index contributed by atoms with van der Waals surface area (Å²) in [4.78, 5) is 38.4. The third kappa shape index (κ3) is 63.4. The Kier molecular flexibility index (Phi) is 63.2. The lowest BCUT2D eigenvalue weighted by molar-refractivity contribution is -0.167. The summed E-state index contributed by atoms with van der Waals surface area (Å²) in [5.74, 6) is -0.918. The molecule has 0 aliphatic rings. The highest BCUT2D eigenvalue weighted by Gasteiger charge is 2.19. The predicted octanol–water partition coefficient (Wildman–Crippen LogP) is 23.1. The summed E-state index contributed by atoms with van der Waals surface area (Å²) in [6.45, 7) is 6.54. The molecular weight excluding hydrogens is 961 g/mol. The van der Waals surface area contributed by atoms with Gasteiger partial charge < -0.3 is 14.2 Å². The molecule has 1 unspecified atom stereocenters. The second-order valence-corrected chi connectivity index (χ2v) is 22.4. The quantitative estimate of drug-likeness (QED) is 0.0261. The van der Waals surface area contributed by atoms with Crippen LogP contribution in [0.15, 0.2) is 85.1 Å². The van der Waals surface area contributed by atoms with Crippen molar-refractivity contribution in [2.75, 3.05) is 13.2 Å². The van der Waals surface area contributed by atoms with E-state index in [0.29, 0.717) is 19.3 Å². The fourth-order valence-electron chi connectivity index (χ4n) is 9.62. The van der Waals surface area contributed by atoms with Crippen molar-refractivity contribution in [3.8, 4) is 0 Å². The standard InChI is InChI=1S/C72H126O6/c1-4-7-10-13-16-19-22-25-28-31-34-36-38-41-44-47-50-53-56-59-62-65-71(74)77-68-69(67-76-70(73)64-61-58-55-52-49-46-43-40-33-30-27-24-21-18-15-12-9-6-3)78-72(75)66-63-60-57-54-51-48-45-42-39-37-35-32-29-26-23-20-17-14-11-8-5-2/h7,10,16,19,25,28,32,34-36,41,44,50,53,69H,4-6,8-9,11-15,17-18,20-24,26-27,29-31,33,37-40,42-43,45-49,51-52,54-68H2,1-3H3/b10-7-,19-16-,28-25-,35-32-,36-34-,44-41-,53-50-. The second kappa shape index (κ2) is 66.1. The van der Waals surface area contributed by atoms with Crippen molar-refractivity contribution in [2.45, 2.75) is 341 Å². The Bertz CT molecular complexity index is 1480. The first-order valence-electron chi connectivity index (χ1n) is 33.6. The topological polar surface area (TPSA) is 78.9 Å². The Balaban J connectivity index is 4.43. The fraction of sp³-hybridized carbons (Fsp3) is 0.764. The smallest absolute Gasteiger partial charge is 0.306 e. The minimum absolute atomic E-state index is 0.0881. The van der Waals surface area contributed by atoms with Crippen LogP contribution in [0.5, 0.6) is 0 Å². The molecule has 1 atom stereocenters. The third-order valence-electron chi connectivity index (χ3n) is 14.6. The molecule has 78 heavy (non-hydrogen) atoms. The number of esters is 3. The summed E-state index contributed by atoms with van der Waals surface area (Å²) in [5.41, 5.74) is 0. The van der Waals surface area contributed by atoms with E-state index in [1.807, 2.05) is 0 Å². The van der Waals surface area contributed by atoms with E-state index >= 15 is 0 Å². The van der Waals surface area contributed by atoms with E-state index in [0.717, 1.165) is 96.3 Å². The van der Waals surface area contributed by atoms with Gasteiger partial charge in [-0.25, -0.2) is 0 Å². The molecule has 0 aromatic heterocycles. The van der Waals surface area contributed by atoms with E-state index < -0.39 is 6.10 Å². The summed E-state index contributed by atoms with van der Waals surface area (Å²) in [6, 6.07) is 0. The number of carbonyl (C=O) groups is 3. The molecule has 0 heterocycles. The lowest BCUT2D eigenvalue weighted by Crippen LogP contribution is -2.30. The summed E-state index contributed by atoms with van der Waals surface area (Å²) in [7, 11) is 0. The molecule has 0 saturated heterocycles. The number of hydrogen-bond donors (Lipinski definition) is 0. The maximum atomic E-state index is 12.9. The van der Waals surface area contributed by atoms with Gasteiger partial charge in [0.15, 0.2) is 6.10 Å². The van der Waals surface area contributed by atoms with Gasteiger partial charge >= 0.3 is 17.9 Å². The van der Waals surface area contributed by atoms with E-state index in [9.17, 15) is 14.4 Å². The van der Waals surface area contributed by atoms with E-state index in [4.69, 9.17) is 14.2 Å². The molecular formula is C72H126O6. The number of allylic oxidation sites excluding steroid dienone is 14. The zero-order chi connectivity index (χ0) is 56.4. The number of ether oxygens (including phenoxy) is 3. The maximum Gasteiger partial charge on any atom is 0.306 e. The predicted molar refractivity (Wildman–Crippen MR) is 339 cm³/mol. The summed E-state index contributed by atoms with van der Waals surface area (Å²) in [5, 5.41) is 0. The van der Waals surface area contributed by atoms with Crippen molar-refractivity contribution in [3.63, 3.8) is 0 Å². The number of hydrogen-bond acceptors (Lipinski definition) is 6. The van der Waals surface area contributed by atoms with Crippen molar-refractivity contribution in [1.82, 2.24) is 0 Å². The first-order valence-corrected chi connectivity index (χ1v) is 33.6. The van der Waals surface area contributed by atoms with Gasteiger partial charge in [-0.05, 0) is 96.3 Å². The van der Waals surface area contributed by atoms with Gasteiger partial charge in [-0.15, -0.1) is 0 Å². The number of carbonyl (C=O) groups excluding carboxylic acids is 3. The highest BCUT2D eigenvalue weighted by atomic mass is 16.6. The summed E-state index contributed by atoms with van der Waals surface area (Å²) >= 11 is 0. The van der Waals surface area contributed by atoms with Gasteiger partial charge in [-0.3, -0.25) is 14.4 Å². The molecule has 0 saturated carbocycles. The molecule has 6 heteroatoms. The molecule has 450 valence electrons. The Morgan fingerprint density at radius 1 is 0.269 bits per heavy atom. The van der Waals surface area contributed by atoms with Gasteiger partial charge in [-0.1, -0.05) is 305 Å². The van der Waals surface area contributed by atoms with E-state index in [-0.39, 0.29) is 31.1 Å². The molecule has 0 rings (SSSR count). The van der Waals surface area contributed by atoms with Gasteiger partial charge in [-0.2, -0.15) is 0 Å². The van der Waals surface area contributed by atoms with Crippen LogP contribution in [0.1, 0.15) is 335 Å². The molecule has 0 spiro atoms. The molecule has 0 aliphatic heterocycles. The van der Waals surface area contributed by atoms with Gasteiger partial charge in [0.05, 0.1) is 0 Å². The SMILES string of the molecule is CC/C=C\C/C=C\C/C=C\C/C=C\C/C=C\C/C=C\CCCCC(=O)OCC(COC(=O)CCCCCCCCCCCCCCCCCCCC)OC(=O)CCCCCCCCCCC/C=C\CCCCCCCCCC. The Morgan fingerprint density at radius 3 is 0.821 bits per heavy atom. The lowest BCUT2D eigenvalue weighted by atomic mass is 10.0. The van der Waals surface area contributed by atoms with E-state index in [2.05, 4.69) is 106 Å². The zero-order valence-corrected chi connectivity index (χ0v) is 51.7. The second-order valence-electron chi connectivity index (χ2n) is 22.4. The van der Waals surface area contributed by atoms with Crippen LogP contribution >= 0.6 is 0 Å². The monoisotopic (exact) mass is 1090 g/mol. The number of rotatable bonds is 61. The van der Waals surface area contributed by atoms with Gasteiger partial charge in [0.2, 0.25) is 0 Å². The average molecular weight is 1090 g/mol. The summed E-state index contributed by atoms with van der Waals surface area (Å²) in [6.07, 6.45) is 87.4. The molecule has 6 nitrogen and oxygen atoms in total. The zero-order valence-electron chi connectivity index (χ0n) is 51.7. The minimum atomic E-state index is -0.796. The van der Waals surface area contributed by atoms with Crippen molar-refractivity contribution < 1.29 is 28.6 Å². The van der Waals surface area contributed by atoms with E-state index in [1.54, 1.807) is 0 Å². The number of unbranched alkanes of at least 4 members (excludes halogenated alkanes) is 36. The van der Waals surface area contributed by atoms with Crippen LogP contribution in [0.25, 0.3) is 0 Å². The molecule has 0 aliphatic carbocycles. The van der Waals surface area contributed by atoms with Crippen LogP contribution < -0.4 is 0 Å². The van der Waals surface area contributed by atoms with Gasteiger partial charge in [0.1, 0.15) is 13.2 Å². The minimum Gasteiger partial charge on any atom is -0.462 e. The normalized spacial score (nSPS) is 12.6. The highest BCUT2D eigenvalue weighted by molar-refractivity contribution is 5.71. The van der Waals surface area contributed by atoms with Gasteiger partial charge in [0.25, 0.3) is 0 Å². The third-order valence-corrected chi connectivity index (χ3v) is 14.6. The summed E-state index contributed by atoms with van der Waals surface area (Å²) < 4.78 is 16.9. The van der Waals surface area contributed by atoms with Crippen LogP contribution in [0.4, 0.5) is 0 Å². The van der Waals surface area contributed by atoms with Gasteiger partial charge in [0, 0.05) is 19.3 Å². The average Bonchev–Trinajstić information content (AvgIpc) is 3.44. The molecule has 0 aromatic carbocycles. The van der Waals surface area contributed by atoms with Crippen LogP contribution in [0.2, 0.25) is 0 Å². The lowest BCUT2D eigenvalue weighted by Gasteiger charge is -2.18. The largest absolute Gasteiger partial charge is 0.462 e. The molecule has 0 aromatic rings. The van der Waals surface area contributed by atoms with Crippen molar-refractivity contribution in [1.29, 1.82) is 0 Å². The van der Waals surface area contributed by atoms with Crippen LogP contribution in [-0.2, 0) is 28.6 Å². The molecule has 0 N–H and O–H groups in total. The molecule has 0 amide bonds. The Labute approximate surface area is 484 Å². The molecule has 0 radical (unpaired) electrons. The first-order chi connectivity index (χ1) is 38.5. The Morgan fingerprint density at radius 2 is 0.500 bits per heavy atom. The first kappa shape index (κ1) is 74.6. The van der Waals surface area contributed by atoms with Crippen molar-refractivity contribution in [3.05, 3.63) is 85.1 Å². The van der Waals surface area contributed by atoms with Crippen LogP contribution in [0.3, 0.4) is 0 Å². The van der Waals surface area contributed by atoms with Crippen molar-refractivity contribution in [2.24, 2.45) is 0 Å². The fourth-order valence-corrected chi connectivity index (χ4v) is 9.62. The maximum absolute atomic E-state index is 12.9. The van der Waals surface area contributed by atoms with Crippen LogP contribution in [-0.4, -0.2) is 37.2 Å². The highest BCUT2D eigenvalue weighted by Crippen LogP contribution is 2.17. The van der Waals surface area contributed by atoms with Crippen molar-refractivity contribution >= 4 is 17.9 Å². The van der Waals surface area contributed by atoms with E-state index in [1.165, 1.54) is 199 Å². The van der Waals surface area contributed by atoms with Crippen LogP contribution in [0, 0.1) is 0 Å². The molecule has 0 bridgehead atoms. The Hall–Kier alpha value is -3.41. The molecule has 0 fully saturated rings.